The molecule has 2 rings (SSSR count). The molecule has 0 spiro atoms. The first-order valence-electron chi connectivity index (χ1n) is 6.96. The smallest absolute Gasteiger partial charge is 0.0542 e. The van der Waals surface area contributed by atoms with Gasteiger partial charge in [0.2, 0.25) is 0 Å². The molecule has 1 aliphatic heterocycles. The van der Waals surface area contributed by atoms with E-state index in [4.69, 9.17) is 5.73 Å². The molecule has 0 aliphatic carbocycles. The van der Waals surface area contributed by atoms with Gasteiger partial charge in [-0.2, -0.15) is 0 Å². The van der Waals surface area contributed by atoms with E-state index in [2.05, 4.69) is 64.8 Å². The fourth-order valence-corrected chi connectivity index (χ4v) is 3.21. The van der Waals surface area contributed by atoms with Gasteiger partial charge in [-0.15, -0.1) is 0 Å². The standard InChI is InChI=1S/C15H24BrN3/c1-11-4-5-13(8-15(11)16)19-12(2)6-7-18(3)10-14(19)9-17/h4-5,8,12,14H,6-7,9-10,17H2,1-3H3. The van der Waals surface area contributed by atoms with Crippen LogP contribution in [0.25, 0.3) is 0 Å². The lowest BCUT2D eigenvalue weighted by atomic mass is 10.1. The maximum Gasteiger partial charge on any atom is 0.0542 e. The molecule has 4 heteroatoms. The Morgan fingerprint density at radius 3 is 2.79 bits per heavy atom. The minimum absolute atomic E-state index is 0.386. The Labute approximate surface area is 124 Å². The number of aryl methyl sites for hydroxylation is 1. The van der Waals surface area contributed by atoms with Gasteiger partial charge in [0.15, 0.2) is 0 Å². The highest BCUT2D eigenvalue weighted by Crippen LogP contribution is 2.28. The van der Waals surface area contributed by atoms with Crippen LogP contribution in [0.2, 0.25) is 0 Å². The second kappa shape index (κ2) is 6.25. The Morgan fingerprint density at radius 1 is 1.42 bits per heavy atom. The van der Waals surface area contributed by atoms with Gasteiger partial charge in [0.05, 0.1) is 6.04 Å². The summed E-state index contributed by atoms with van der Waals surface area (Å²) in [4.78, 5) is 4.88. The van der Waals surface area contributed by atoms with E-state index < -0.39 is 0 Å². The van der Waals surface area contributed by atoms with Gasteiger partial charge in [0, 0.05) is 29.3 Å². The molecule has 19 heavy (non-hydrogen) atoms. The summed E-state index contributed by atoms with van der Waals surface area (Å²) in [5, 5.41) is 0. The summed E-state index contributed by atoms with van der Waals surface area (Å²) >= 11 is 3.64. The highest BCUT2D eigenvalue weighted by Gasteiger charge is 2.27. The Kier molecular flexibility index (Phi) is 4.87. The van der Waals surface area contributed by atoms with E-state index in [0.717, 1.165) is 13.1 Å². The average molecular weight is 326 g/mol. The molecule has 1 heterocycles. The molecule has 0 radical (unpaired) electrons. The van der Waals surface area contributed by atoms with E-state index in [0.29, 0.717) is 18.6 Å². The van der Waals surface area contributed by atoms with Crippen LogP contribution in [-0.4, -0.2) is 43.7 Å². The van der Waals surface area contributed by atoms with Crippen molar-refractivity contribution in [3.8, 4) is 0 Å². The normalized spacial score (nSPS) is 25.4. The quantitative estimate of drug-likeness (QED) is 0.907. The number of benzene rings is 1. The topological polar surface area (TPSA) is 32.5 Å². The van der Waals surface area contributed by atoms with Crippen molar-refractivity contribution in [2.45, 2.75) is 32.4 Å². The number of likely N-dealkylation sites (N-methyl/N-ethyl adjacent to an activating group) is 1. The lowest BCUT2D eigenvalue weighted by molar-refractivity contribution is 0.332. The second-order valence-electron chi connectivity index (χ2n) is 5.63. The van der Waals surface area contributed by atoms with Crippen LogP contribution in [0.4, 0.5) is 5.69 Å². The summed E-state index contributed by atoms with van der Waals surface area (Å²) in [7, 11) is 2.18. The number of rotatable bonds is 2. The van der Waals surface area contributed by atoms with E-state index in [1.165, 1.54) is 22.1 Å². The van der Waals surface area contributed by atoms with Gasteiger partial charge in [-0.05, 0) is 51.6 Å². The third kappa shape index (κ3) is 3.30. The Balaban J connectivity index is 2.34. The van der Waals surface area contributed by atoms with E-state index in [1.54, 1.807) is 0 Å². The number of halogens is 1. The first kappa shape index (κ1) is 14.8. The molecule has 1 saturated heterocycles. The molecule has 2 atom stereocenters. The molecular formula is C15H24BrN3. The maximum absolute atomic E-state index is 6.01. The molecule has 106 valence electrons. The van der Waals surface area contributed by atoms with Crippen LogP contribution in [0.5, 0.6) is 0 Å². The number of nitrogens with two attached hydrogens (primary N) is 1. The summed E-state index contributed by atoms with van der Waals surface area (Å²) in [6.45, 7) is 7.29. The van der Waals surface area contributed by atoms with E-state index in [-0.39, 0.29) is 0 Å². The lowest BCUT2D eigenvalue weighted by Gasteiger charge is -2.36. The van der Waals surface area contributed by atoms with Gasteiger partial charge in [-0.1, -0.05) is 22.0 Å². The van der Waals surface area contributed by atoms with Crippen LogP contribution in [0.1, 0.15) is 18.9 Å². The summed E-state index contributed by atoms with van der Waals surface area (Å²) in [6, 6.07) is 7.52. The number of hydrogen-bond donors (Lipinski definition) is 1. The van der Waals surface area contributed by atoms with E-state index in [9.17, 15) is 0 Å². The van der Waals surface area contributed by atoms with Crippen molar-refractivity contribution >= 4 is 21.6 Å². The van der Waals surface area contributed by atoms with E-state index in [1.807, 2.05) is 0 Å². The van der Waals surface area contributed by atoms with E-state index >= 15 is 0 Å². The van der Waals surface area contributed by atoms with Crippen LogP contribution in [0, 0.1) is 6.92 Å². The van der Waals surface area contributed by atoms with Crippen LogP contribution in [0.3, 0.4) is 0 Å². The van der Waals surface area contributed by atoms with Crippen LogP contribution in [0.15, 0.2) is 22.7 Å². The van der Waals surface area contributed by atoms with Gasteiger partial charge < -0.3 is 15.5 Å². The molecule has 0 amide bonds. The Bertz CT molecular complexity index is 435. The van der Waals surface area contributed by atoms with Gasteiger partial charge in [0.1, 0.15) is 0 Å². The minimum Gasteiger partial charge on any atom is -0.363 e. The summed E-state index contributed by atoms with van der Waals surface area (Å²) in [5.41, 5.74) is 8.56. The monoisotopic (exact) mass is 325 g/mol. The zero-order chi connectivity index (χ0) is 14.0. The predicted octanol–water partition coefficient (Wildman–Crippen LogP) is 2.62. The summed E-state index contributed by atoms with van der Waals surface area (Å²) in [6.07, 6.45) is 1.18. The largest absolute Gasteiger partial charge is 0.363 e. The first-order chi connectivity index (χ1) is 9.02. The molecule has 0 saturated carbocycles. The first-order valence-corrected chi connectivity index (χ1v) is 7.75. The molecule has 2 N–H and O–H groups in total. The van der Waals surface area contributed by atoms with Gasteiger partial charge in [0.25, 0.3) is 0 Å². The molecule has 2 unspecified atom stereocenters. The van der Waals surface area contributed by atoms with Crippen LogP contribution < -0.4 is 10.6 Å². The SMILES string of the molecule is Cc1ccc(N2C(C)CCN(C)CC2CN)cc1Br. The van der Waals surface area contributed by atoms with Crippen molar-refractivity contribution in [1.29, 1.82) is 0 Å². The molecule has 1 aromatic rings. The van der Waals surface area contributed by atoms with Crippen molar-refractivity contribution in [2.75, 3.05) is 31.6 Å². The predicted molar refractivity (Wildman–Crippen MR) is 85.8 cm³/mol. The fourth-order valence-electron chi connectivity index (χ4n) is 2.84. The zero-order valence-corrected chi connectivity index (χ0v) is 13.7. The van der Waals surface area contributed by atoms with Crippen LogP contribution in [-0.2, 0) is 0 Å². The number of nitrogens with zero attached hydrogens (tertiary/aromatic N) is 2. The number of hydrogen-bond acceptors (Lipinski definition) is 3. The van der Waals surface area contributed by atoms with Gasteiger partial charge in [-0.3, -0.25) is 0 Å². The molecule has 1 fully saturated rings. The Hall–Kier alpha value is -0.580. The van der Waals surface area contributed by atoms with Crippen molar-refractivity contribution in [2.24, 2.45) is 5.73 Å². The Morgan fingerprint density at radius 2 is 2.16 bits per heavy atom. The third-order valence-corrected chi connectivity index (χ3v) is 4.90. The van der Waals surface area contributed by atoms with Crippen LogP contribution >= 0.6 is 15.9 Å². The molecular weight excluding hydrogens is 302 g/mol. The molecule has 0 bridgehead atoms. The fraction of sp³-hybridized carbons (Fsp3) is 0.600. The van der Waals surface area contributed by atoms with Gasteiger partial charge >= 0.3 is 0 Å². The van der Waals surface area contributed by atoms with Crippen molar-refractivity contribution in [3.05, 3.63) is 28.2 Å². The van der Waals surface area contributed by atoms with Crippen molar-refractivity contribution in [1.82, 2.24) is 4.90 Å². The molecule has 1 aromatic carbocycles. The summed E-state index contributed by atoms with van der Waals surface area (Å²) < 4.78 is 1.17. The van der Waals surface area contributed by atoms with Crippen molar-refractivity contribution in [3.63, 3.8) is 0 Å². The summed E-state index contributed by atoms with van der Waals surface area (Å²) in [5.74, 6) is 0. The molecule has 3 nitrogen and oxygen atoms in total. The number of anilines is 1. The third-order valence-electron chi connectivity index (χ3n) is 4.04. The van der Waals surface area contributed by atoms with Crippen molar-refractivity contribution < 1.29 is 0 Å². The average Bonchev–Trinajstić information content (AvgIpc) is 2.52. The lowest BCUT2D eigenvalue weighted by Crippen LogP contribution is -2.48. The zero-order valence-electron chi connectivity index (χ0n) is 12.1. The second-order valence-corrected chi connectivity index (χ2v) is 6.48. The maximum atomic E-state index is 6.01. The molecule has 1 aliphatic rings. The molecule has 0 aromatic heterocycles. The highest BCUT2D eigenvalue weighted by atomic mass is 79.9. The van der Waals surface area contributed by atoms with Gasteiger partial charge in [-0.25, -0.2) is 0 Å². The highest BCUT2D eigenvalue weighted by molar-refractivity contribution is 9.10. The minimum atomic E-state index is 0.386.